The first-order valence-electron chi connectivity index (χ1n) is 4.94. The third-order valence-electron chi connectivity index (χ3n) is 2.10. The van der Waals surface area contributed by atoms with E-state index in [4.69, 9.17) is 5.73 Å². The molecule has 2 aromatic rings. The molecule has 1 aromatic heterocycles. The van der Waals surface area contributed by atoms with Crippen LogP contribution in [0.5, 0.6) is 0 Å². The van der Waals surface area contributed by atoms with Crippen molar-refractivity contribution < 1.29 is 12.8 Å². The lowest BCUT2D eigenvalue weighted by atomic mass is 10.3. The third-order valence-corrected chi connectivity index (χ3v) is 3.90. The fourth-order valence-corrected chi connectivity index (χ4v) is 2.55. The minimum Gasteiger partial charge on any atom is -0.399 e. The largest absolute Gasteiger partial charge is 0.399 e. The van der Waals surface area contributed by atoms with E-state index >= 15 is 0 Å². The number of hydrogen-bond donors (Lipinski definition) is 2. The van der Waals surface area contributed by atoms with Crippen LogP contribution in [0.15, 0.2) is 40.1 Å². The van der Waals surface area contributed by atoms with Crippen LogP contribution in [0.4, 0.5) is 15.9 Å². The highest BCUT2D eigenvalue weighted by Gasteiger charge is 2.19. The zero-order chi connectivity index (χ0) is 14.0. The minimum absolute atomic E-state index is 0.0144. The monoisotopic (exact) mass is 346 g/mol. The van der Waals surface area contributed by atoms with Gasteiger partial charge in [-0.2, -0.15) is 0 Å². The molecule has 0 saturated heterocycles. The summed E-state index contributed by atoms with van der Waals surface area (Å²) in [6.07, 6.45) is 2.52. The number of nitrogens with two attached hydrogens (primary N) is 1. The zero-order valence-corrected chi connectivity index (χ0v) is 11.7. The second-order valence-electron chi connectivity index (χ2n) is 3.52. The van der Waals surface area contributed by atoms with Crippen LogP contribution < -0.4 is 10.5 Å². The van der Waals surface area contributed by atoms with Crippen molar-refractivity contribution in [3.05, 3.63) is 41.0 Å². The second kappa shape index (κ2) is 5.10. The first-order chi connectivity index (χ1) is 8.88. The highest BCUT2D eigenvalue weighted by atomic mass is 79.9. The van der Waals surface area contributed by atoms with E-state index in [9.17, 15) is 12.8 Å². The number of nitrogens with one attached hydrogen (secondary N) is 1. The van der Waals surface area contributed by atoms with E-state index in [0.717, 1.165) is 12.1 Å². The topological polar surface area (TPSA) is 98.0 Å². The normalized spacial score (nSPS) is 11.3. The Morgan fingerprint density at radius 3 is 2.58 bits per heavy atom. The summed E-state index contributed by atoms with van der Waals surface area (Å²) in [5.41, 5.74) is 5.50. The van der Waals surface area contributed by atoms with Gasteiger partial charge in [0.15, 0.2) is 5.82 Å². The molecule has 0 aliphatic carbocycles. The maximum Gasteiger partial charge on any atom is 0.266 e. The molecule has 0 fully saturated rings. The number of halogens is 2. The average molecular weight is 347 g/mol. The van der Waals surface area contributed by atoms with Gasteiger partial charge in [0, 0.05) is 5.69 Å². The number of aromatic nitrogens is 2. The summed E-state index contributed by atoms with van der Waals surface area (Å²) in [5, 5.41) is 0. The lowest BCUT2D eigenvalue weighted by Crippen LogP contribution is -2.15. The summed E-state index contributed by atoms with van der Waals surface area (Å²) in [6.45, 7) is 0. The van der Waals surface area contributed by atoms with Gasteiger partial charge in [0.1, 0.15) is 15.3 Å². The summed E-state index contributed by atoms with van der Waals surface area (Å²) >= 11 is 3.06. The predicted molar refractivity (Wildman–Crippen MR) is 71.4 cm³/mol. The summed E-state index contributed by atoms with van der Waals surface area (Å²) in [4.78, 5) is 7.09. The summed E-state index contributed by atoms with van der Waals surface area (Å²) < 4.78 is 40.0. The molecular weight excluding hydrogens is 339 g/mol. The molecule has 1 aromatic carbocycles. The van der Waals surface area contributed by atoms with E-state index in [-0.39, 0.29) is 11.5 Å². The van der Waals surface area contributed by atoms with E-state index in [1.165, 1.54) is 18.5 Å². The number of hydrogen-bond acceptors (Lipinski definition) is 5. The fraction of sp³-hybridized carbons (Fsp3) is 0. The Labute approximate surface area is 117 Å². The van der Waals surface area contributed by atoms with Crippen LogP contribution in [0.2, 0.25) is 0 Å². The minimum atomic E-state index is -4.07. The molecule has 3 N–H and O–H groups in total. The number of sulfonamides is 1. The Morgan fingerprint density at radius 1 is 1.26 bits per heavy atom. The molecule has 1 heterocycles. The van der Waals surface area contributed by atoms with Crippen LogP contribution in [0, 0.1) is 5.82 Å². The molecule has 0 bridgehead atoms. The van der Waals surface area contributed by atoms with Crippen LogP contribution in [0.25, 0.3) is 0 Å². The molecule has 100 valence electrons. The molecule has 0 aliphatic rings. The Balaban J connectivity index is 2.35. The van der Waals surface area contributed by atoms with Crippen molar-refractivity contribution in [1.29, 1.82) is 0 Å². The third kappa shape index (κ3) is 3.18. The average Bonchev–Trinajstić information content (AvgIpc) is 2.31. The Bertz CT molecular complexity index is 706. The van der Waals surface area contributed by atoms with Gasteiger partial charge in [0.2, 0.25) is 0 Å². The second-order valence-corrected chi connectivity index (χ2v) is 5.98. The van der Waals surface area contributed by atoms with Gasteiger partial charge in [-0.1, -0.05) is 0 Å². The molecule has 19 heavy (non-hydrogen) atoms. The Hall–Kier alpha value is -1.74. The van der Waals surface area contributed by atoms with Crippen molar-refractivity contribution in [2.75, 3.05) is 10.5 Å². The number of nitrogen functional groups attached to an aromatic ring is 1. The van der Waals surface area contributed by atoms with Crippen LogP contribution >= 0.6 is 15.9 Å². The molecule has 0 spiro atoms. The Kier molecular flexibility index (Phi) is 3.67. The van der Waals surface area contributed by atoms with E-state index in [0.29, 0.717) is 4.60 Å². The van der Waals surface area contributed by atoms with E-state index in [1.54, 1.807) is 0 Å². The van der Waals surface area contributed by atoms with Crippen molar-refractivity contribution in [3.63, 3.8) is 0 Å². The fourth-order valence-electron chi connectivity index (χ4n) is 1.29. The standard InChI is InChI=1S/C10H8BrFN4O2S/c11-9-4-15-10(5-14-9)16-19(17,18)8-2-1-6(13)3-7(8)12/h1-5H,13H2,(H,15,16). The van der Waals surface area contributed by atoms with Gasteiger partial charge >= 0.3 is 0 Å². The molecule has 0 saturated carbocycles. The van der Waals surface area contributed by atoms with Crippen molar-refractivity contribution in [1.82, 2.24) is 9.97 Å². The van der Waals surface area contributed by atoms with Crippen molar-refractivity contribution >= 4 is 37.5 Å². The first-order valence-corrected chi connectivity index (χ1v) is 7.21. The maximum atomic E-state index is 13.6. The van der Waals surface area contributed by atoms with Gasteiger partial charge in [0.25, 0.3) is 10.0 Å². The summed E-state index contributed by atoms with van der Waals surface area (Å²) in [6, 6.07) is 3.31. The molecule has 0 radical (unpaired) electrons. The summed E-state index contributed by atoms with van der Waals surface area (Å²) in [5.74, 6) is -0.947. The van der Waals surface area contributed by atoms with Crippen LogP contribution in [-0.4, -0.2) is 18.4 Å². The van der Waals surface area contributed by atoms with Gasteiger partial charge in [-0.15, -0.1) is 0 Å². The maximum absolute atomic E-state index is 13.6. The molecule has 6 nitrogen and oxygen atoms in total. The summed E-state index contributed by atoms with van der Waals surface area (Å²) in [7, 11) is -4.07. The van der Waals surface area contributed by atoms with E-state index in [2.05, 4.69) is 30.6 Å². The van der Waals surface area contributed by atoms with Crippen molar-refractivity contribution in [3.8, 4) is 0 Å². The number of benzene rings is 1. The van der Waals surface area contributed by atoms with E-state index in [1.807, 2.05) is 0 Å². The van der Waals surface area contributed by atoms with Crippen molar-refractivity contribution in [2.24, 2.45) is 0 Å². The van der Waals surface area contributed by atoms with Gasteiger partial charge in [-0.25, -0.2) is 22.8 Å². The predicted octanol–water partition coefficient (Wildman–Crippen LogP) is 1.76. The smallest absolute Gasteiger partial charge is 0.266 e. The van der Waals surface area contributed by atoms with Gasteiger partial charge in [-0.3, -0.25) is 4.72 Å². The molecule has 9 heteroatoms. The number of rotatable bonds is 3. The number of nitrogens with zero attached hydrogens (tertiary/aromatic N) is 2. The van der Waals surface area contributed by atoms with Crippen LogP contribution in [0.1, 0.15) is 0 Å². The molecular formula is C10H8BrFN4O2S. The number of anilines is 2. The van der Waals surface area contributed by atoms with Crippen LogP contribution in [0.3, 0.4) is 0 Å². The quantitative estimate of drug-likeness (QED) is 0.825. The molecule has 0 aliphatic heterocycles. The van der Waals surface area contributed by atoms with E-state index < -0.39 is 20.7 Å². The lowest BCUT2D eigenvalue weighted by molar-refractivity contribution is 0.570. The SMILES string of the molecule is Nc1ccc(S(=O)(=O)Nc2cnc(Br)cn2)c(F)c1. The first kappa shape index (κ1) is 13.7. The molecule has 2 rings (SSSR count). The van der Waals surface area contributed by atoms with Gasteiger partial charge < -0.3 is 5.73 Å². The Morgan fingerprint density at radius 2 is 2.00 bits per heavy atom. The zero-order valence-electron chi connectivity index (χ0n) is 9.34. The highest BCUT2D eigenvalue weighted by Crippen LogP contribution is 2.19. The van der Waals surface area contributed by atoms with Gasteiger partial charge in [0.05, 0.1) is 12.4 Å². The molecule has 0 atom stereocenters. The van der Waals surface area contributed by atoms with Crippen molar-refractivity contribution in [2.45, 2.75) is 4.90 Å². The highest BCUT2D eigenvalue weighted by molar-refractivity contribution is 9.10. The van der Waals surface area contributed by atoms with Gasteiger partial charge in [-0.05, 0) is 34.1 Å². The van der Waals surface area contributed by atoms with Crippen LogP contribution in [-0.2, 0) is 10.0 Å². The molecule has 0 amide bonds. The molecule has 0 unspecified atom stereocenters. The lowest BCUT2D eigenvalue weighted by Gasteiger charge is -2.08.